The van der Waals surface area contributed by atoms with E-state index in [1.165, 1.54) is 5.56 Å². The molecule has 0 unspecified atom stereocenters. The number of aryl methyl sites for hydroxylation is 1. The maximum absolute atomic E-state index is 12.1. The summed E-state index contributed by atoms with van der Waals surface area (Å²) in [5.41, 5.74) is 2.40. The van der Waals surface area contributed by atoms with E-state index in [0.29, 0.717) is 10.8 Å². The first kappa shape index (κ1) is 18.3. The normalized spacial score (nSPS) is 15.7. The van der Waals surface area contributed by atoms with Crippen LogP contribution in [-0.2, 0) is 20.7 Å². The fraction of sp³-hybridized carbons (Fsp3) is 0.300. The fourth-order valence-corrected chi connectivity index (χ4v) is 3.21. The van der Waals surface area contributed by atoms with Crippen molar-refractivity contribution in [3.63, 3.8) is 0 Å². The first-order chi connectivity index (χ1) is 12.6. The number of carbonyl (C=O) groups is 2. The van der Waals surface area contributed by atoms with Crippen molar-refractivity contribution in [1.29, 1.82) is 0 Å². The summed E-state index contributed by atoms with van der Waals surface area (Å²) in [4.78, 5) is 23.8. The van der Waals surface area contributed by atoms with Gasteiger partial charge < -0.3 is 14.8 Å². The Kier molecular flexibility index (Phi) is 6.12. The number of benzene rings is 2. The second-order valence-corrected chi connectivity index (χ2v) is 6.55. The third kappa shape index (κ3) is 4.99. The molecule has 2 aromatic carbocycles. The van der Waals surface area contributed by atoms with Crippen molar-refractivity contribution in [3.05, 3.63) is 64.7 Å². The van der Waals surface area contributed by atoms with Gasteiger partial charge in [0.1, 0.15) is 5.75 Å². The highest BCUT2D eigenvalue weighted by atomic mass is 35.5. The minimum atomic E-state index is -0.607. The highest BCUT2D eigenvalue weighted by Crippen LogP contribution is 2.29. The van der Waals surface area contributed by atoms with Crippen LogP contribution in [0.1, 0.15) is 30.0 Å². The number of fused-ring (bicyclic) bond motifs is 1. The Labute approximate surface area is 157 Å². The van der Waals surface area contributed by atoms with Crippen molar-refractivity contribution >= 4 is 23.5 Å². The summed E-state index contributed by atoms with van der Waals surface area (Å²) < 4.78 is 10.3. The molecule has 0 bridgehead atoms. The van der Waals surface area contributed by atoms with Crippen LogP contribution in [0.4, 0.5) is 0 Å². The maximum atomic E-state index is 12.1. The van der Waals surface area contributed by atoms with Gasteiger partial charge in [-0.05, 0) is 48.6 Å². The van der Waals surface area contributed by atoms with Gasteiger partial charge in [-0.25, -0.2) is 4.79 Å². The number of halogens is 1. The van der Waals surface area contributed by atoms with Crippen molar-refractivity contribution in [2.24, 2.45) is 0 Å². The van der Waals surface area contributed by atoms with E-state index in [9.17, 15) is 9.59 Å². The Bertz CT molecular complexity index is 793. The lowest BCUT2D eigenvalue weighted by molar-refractivity contribution is -0.150. The van der Waals surface area contributed by atoms with E-state index < -0.39 is 5.97 Å². The van der Waals surface area contributed by atoms with Crippen LogP contribution in [0, 0.1) is 0 Å². The summed E-state index contributed by atoms with van der Waals surface area (Å²) in [7, 11) is 0. The largest absolute Gasteiger partial charge is 0.482 e. The molecule has 0 radical (unpaired) electrons. The highest BCUT2D eigenvalue weighted by molar-refractivity contribution is 6.30. The van der Waals surface area contributed by atoms with Crippen LogP contribution < -0.4 is 10.1 Å². The van der Waals surface area contributed by atoms with Gasteiger partial charge in [-0.2, -0.15) is 0 Å². The average molecular weight is 374 g/mol. The Hall–Kier alpha value is -2.53. The van der Waals surface area contributed by atoms with Gasteiger partial charge in [-0.3, -0.25) is 4.79 Å². The number of rotatable bonds is 6. The molecule has 0 aliphatic heterocycles. The molecule has 1 N–H and O–H groups in total. The van der Waals surface area contributed by atoms with E-state index in [2.05, 4.69) is 11.4 Å². The number of hydrogen-bond donors (Lipinski definition) is 1. The standard InChI is InChI=1S/C20H20ClNO4/c21-15-7-4-8-16(11-15)25-13-20(24)26-12-19(23)22-18-10-3-6-14-5-1-2-9-17(14)18/h1-2,4-5,7-9,11,18H,3,6,10,12-13H2,(H,22,23)/t18-/m1/s1. The molecule has 0 saturated heterocycles. The first-order valence-corrected chi connectivity index (χ1v) is 8.91. The summed E-state index contributed by atoms with van der Waals surface area (Å²) in [5, 5.41) is 3.45. The molecular formula is C20H20ClNO4. The molecule has 1 aliphatic rings. The lowest BCUT2D eigenvalue weighted by Crippen LogP contribution is -2.34. The van der Waals surface area contributed by atoms with Crippen LogP contribution in [-0.4, -0.2) is 25.1 Å². The lowest BCUT2D eigenvalue weighted by atomic mass is 9.88. The molecule has 0 fully saturated rings. The Balaban J connectivity index is 1.43. The van der Waals surface area contributed by atoms with Crippen molar-refractivity contribution in [2.75, 3.05) is 13.2 Å². The zero-order chi connectivity index (χ0) is 18.4. The Morgan fingerprint density at radius 1 is 1.12 bits per heavy atom. The molecule has 0 saturated carbocycles. The number of ether oxygens (including phenoxy) is 2. The van der Waals surface area contributed by atoms with Gasteiger partial charge in [0, 0.05) is 5.02 Å². The van der Waals surface area contributed by atoms with E-state index in [1.54, 1.807) is 24.3 Å². The highest BCUT2D eigenvalue weighted by Gasteiger charge is 2.21. The third-order valence-corrected chi connectivity index (χ3v) is 4.46. The second-order valence-electron chi connectivity index (χ2n) is 6.12. The minimum Gasteiger partial charge on any atom is -0.482 e. The zero-order valence-corrected chi connectivity index (χ0v) is 15.0. The van der Waals surface area contributed by atoms with Crippen molar-refractivity contribution in [2.45, 2.75) is 25.3 Å². The van der Waals surface area contributed by atoms with E-state index in [0.717, 1.165) is 24.8 Å². The maximum Gasteiger partial charge on any atom is 0.344 e. The minimum absolute atomic E-state index is 0.0335. The van der Waals surface area contributed by atoms with Crippen molar-refractivity contribution < 1.29 is 19.1 Å². The third-order valence-electron chi connectivity index (χ3n) is 4.22. The van der Waals surface area contributed by atoms with Crippen molar-refractivity contribution in [1.82, 2.24) is 5.32 Å². The number of esters is 1. The van der Waals surface area contributed by atoms with E-state index in [1.807, 2.05) is 18.2 Å². The van der Waals surface area contributed by atoms with E-state index in [-0.39, 0.29) is 25.2 Å². The summed E-state index contributed by atoms with van der Waals surface area (Å²) in [6.07, 6.45) is 2.93. The molecule has 0 aromatic heterocycles. The first-order valence-electron chi connectivity index (χ1n) is 8.53. The molecular weight excluding hydrogens is 354 g/mol. The molecule has 26 heavy (non-hydrogen) atoms. The molecule has 6 heteroatoms. The molecule has 3 rings (SSSR count). The van der Waals surface area contributed by atoms with Crippen LogP contribution >= 0.6 is 11.6 Å². The monoisotopic (exact) mass is 373 g/mol. The molecule has 1 amide bonds. The van der Waals surface area contributed by atoms with Gasteiger partial charge in [0.05, 0.1) is 6.04 Å². The van der Waals surface area contributed by atoms with E-state index >= 15 is 0 Å². The van der Waals surface area contributed by atoms with Gasteiger partial charge in [0.15, 0.2) is 13.2 Å². The summed E-state index contributed by atoms with van der Waals surface area (Å²) in [5.74, 6) is -0.454. The topological polar surface area (TPSA) is 64.6 Å². The molecule has 1 atom stereocenters. The zero-order valence-electron chi connectivity index (χ0n) is 14.2. The molecule has 1 aliphatic carbocycles. The van der Waals surface area contributed by atoms with Crippen LogP contribution in [0.3, 0.4) is 0 Å². The van der Waals surface area contributed by atoms with Gasteiger partial charge in [-0.1, -0.05) is 41.9 Å². The Morgan fingerprint density at radius 3 is 2.81 bits per heavy atom. The summed E-state index contributed by atoms with van der Waals surface area (Å²) in [6.45, 7) is -0.601. The second kappa shape index (κ2) is 8.72. The molecule has 0 spiro atoms. The molecule has 2 aromatic rings. The number of hydrogen-bond acceptors (Lipinski definition) is 4. The van der Waals surface area contributed by atoms with Crippen LogP contribution in [0.5, 0.6) is 5.75 Å². The van der Waals surface area contributed by atoms with Gasteiger partial charge in [0.2, 0.25) is 0 Å². The average Bonchev–Trinajstić information content (AvgIpc) is 2.65. The predicted octanol–water partition coefficient (Wildman–Crippen LogP) is 3.46. The van der Waals surface area contributed by atoms with Crippen LogP contribution in [0.2, 0.25) is 5.02 Å². The number of amides is 1. The van der Waals surface area contributed by atoms with Crippen molar-refractivity contribution in [3.8, 4) is 5.75 Å². The van der Waals surface area contributed by atoms with E-state index in [4.69, 9.17) is 21.1 Å². The van der Waals surface area contributed by atoms with Crippen LogP contribution in [0.15, 0.2) is 48.5 Å². The number of nitrogens with one attached hydrogen (secondary N) is 1. The summed E-state index contributed by atoms with van der Waals surface area (Å²) in [6, 6.07) is 14.8. The molecule has 0 heterocycles. The fourth-order valence-electron chi connectivity index (χ4n) is 3.03. The smallest absolute Gasteiger partial charge is 0.344 e. The SMILES string of the molecule is O=C(COC(=O)COc1cccc(Cl)c1)N[C@@H]1CCCc2ccccc21. The van der Waals surface area contributed by atoms with Gasteiger partial charge in [0.25, 0.3) is 5.91 Å². The number of carbonyl (C=O) groups excluding carboxylic acids is 2. The Morgan fingerprint density at radius 2 is 1.96 bits per heavy atom. The summed E-state index contributed by atoms with van der Waals surface area (Å²) >= 11 is 5.84. The van der Waals surface area contributed by atoms with Gasteiger partial charge >= 0.3 is 5.97 Å². The quantitative estimate of drug-likeness (QED) is 0.787. The predicted molar refractivity (Wildman–Crippen MR) is 98.2 cm³/mol. The molecule has 5 nitrogen and oxygen atoms in total. The van der Waals surface area contributed by atoms with Gasteiger partial charge in [-0.15, -0.1) is 0 Å². The lowest BCUT2D eigenvalue weighted by Gasteiger charge is -2.26. The van der Waals surface area contributed by atoms with Crippen LogP contribution in [0.25, 0.3) is 0 Å². The molecule has 136 valence electrons.